The Balaban J connectivity index is 1.98. The van der Waals surface area contributed by atoms with E-state index in [0.29, 0.717) is 11.3 Å². The summed E-state index contributed by atoms with van der Waals surface area (Å²) in [4.78, 5) is 0. The van der Waals surface area contributed by atoms with E-state index in [-0.39, 0.29) is 17.6 Å². The Morgan fingerprint density at radius 1 is 1.18 bits per heavy atom. The highest BCUT2D eigenvalue weighted by Gasteiger charge is 2.06. The van der Waals surface area contributed by atoms with E-state index < -0.39 is 5.82 Å². The van der Waals surface area contributed by atoms with E-state index in [4.69, 9.17) is 27.8 Å². The molecule has 0 fully saturated rings. The number of hydrogen-bond acceptors (Lipinski definition) is 3. The zero-order chi connectivity index (χ0) is 15.9. The Morgan fingerprint density at radius 3 is 2.59 bits per heavy atom. The molecule has 4 N–H and O–H groups in total. The first kappa shape index (κ1) is 15.8. The predicted octanol–water partition coefficient (Wildman–Crippen LogP) is 2.67. The smallest absolute Gasteiger partial charge is 0.211 e. The van der Waals surface area contributed by atoms with Crippen LogP contribution in [-0.4, -0.2) is 12.2 Å². The van der Waals surface area contributed by atoms with Gasteiger partial charge in [-0.2, -0.15) is 5.10 Å². The second kappa shape index (κ2) is 7.42. The number of nitrogens with zero attached hydrogens (tertiary/aromatic N) is 2. The quantitative estimate of drug-likeness (QED) is 0.504. The molecule has 22 heavy (non-hydrogen) atoms. The Kier molecular flexibility index (Phi) is 5.32. The molecule has 0 aliphatic rings. The van der Waals surface area contributed by atoms with Crippen LogP contribution in [-0.2, 0) is 6.61 Å². The van der Waals surface area contributed by atoms with E-state index in [1.807, 2.05) is 0 Å². The number of ether oxygens (including phenoxy) is 1. The number of guanidine groups is 1. The molecule has 0 bridgehead atoms. The summed E-state index contributed by atoms with van der Waals surface area (Å²) in [6, 6.07) is 11.8. The lowest BCUT2D eigenvalue weighted by atomic mass is 10.2. The molecule has 0 atom stereocenters. The highest BCUT2D eigenvalue weighted by atomic mass is 35.5. The second-order valence-corrected chi connectivity index (χ2v) is 4.75. The summed E-state index contributed by atoms with van der Waals surface area (Å²) in [5.41, 5.74) is 11.5. The topological polar surface area (TPSA) is 86.0 Å². The zero-order valence-corrected chi connectivity index (χ0v) is 12.3. The summed E-state index contributed by atoms with van der Waals surface area (Å²) in [6.07, 6.45) is 1.50. The average Bonchev–Trinajstić information content (AvgIpc) is 2.50. The maximum atomic E-state index is 13.7. The van der Waals surface area contributed by atoms with Crippen LogP contribution in [0.5, 0.6) is 5.75 Å². The van der Waals surface area contributed by atoms with Gasteiger partial charge in [0, 0.05) is 5.56 Å². The first-order valence-electron chi connectivity index (χ1n) is 6.34. The monoisotopic (exact) mass is 320 g/mol. The van der Waals surface area contributed by atoms with Gasteiger partial charge < -0.3 is 16.2 Å². The Bertz CT molecular complexity index is 697. The molecule has 0 spiro atoms. The van der Waals surface area contributed by atoms with Crippen molar-refractivity contribution in [3.63, 3.8) is 0 Å². The van der Waals surface area contributed by atoms with Crippen molar-refractivity contribution in [3.05, 3.63) is 64.4 Å². The minimum atomic E-state index is -0.467. The van der Waals surface area contributed by atoms with Crippen LogP contribution in [0.1, 0.15) is 11.1 Å². The van der Waals surface area contributed by atoms with E-state index in [0.717, 1.165) is 5.56 Å². The van der Waals surface area contributed by atoms with Crippen molar-refractivity contribution in [1.82, 2.24) is 0 Å². The van der Waals surface area contributed by atoms with E-state index in [1.165, 1.54) is 12.3 Å². The molecule has 5 nitrogen and oxygen atoms in total. The number of rotatable bonds is 5. The molecule has 0 aliphatic heterocycles. The van der Waals surface area contributed by atoms with Crippen molar-refractivity contribution in [2.75, 3.05) is 0 Å². The number of halogens is 2. The molecule has 0 saturated carbocycles. The van der Waals surface area contributed by atoms with Crippen molar-refractivity contribution >= 4 is 23.8 Å². The van der Waals surface area contributed by atoms with Gasteiger partial charge in [-0.15, -0.1) is 5.10 Å². The van der Waals surface area contributed by atoms with Crippen molar-refractivity contribution in [2.45, 2.75) is 6.61 Å². The van der Waals surface area contributed by atoms with E-state index in [1.54, 1.807) is 36.4 Å². The van der Waals surface area contributed by atoms with Crippen molar-refractivity contribution in [3.8, 4) is 5.75 Å². The van der Waals surface area contributed by atoms with Gasteiger partial charge in [0.25, 0.3) is 0 Å². The lowest BCUT2D eigenvalue weighted by molar-refractivity contribution is 0.300. The van der Waals surface area contributed by atoms with Gasteiger partial charge in [0.15, 0.2) is 0 Å². The largest absolute Gasteiger partial charge is 0.489 e. The fourth-order valence-electron chi connectivity index (χ4n) is 1.63. The van der Waals surface area contributed by atoms with E-state index in [9.17, 15) is 4.39 Å². The van der Waals surface area contributed by atoms with Gasteiger partial charge in [0.2, 0.25) is 5.96 Å². The van der Waals surface area contributed by atoms with Gasteiger partial charge in [-0.1, -0.05) is 23.7 Å². The molecule has 2 aromatic carbocycles. The Hall–Kier alpha value is -2.60. The minimum Gasteiger partial charge on any atom is -0.489 e. The predicted molar refractivity (Wildman–Crippen MR) is 85.6 cm³/mol. The van der Waals surface area contributed by atoms with Crippen LogP contribution >= 0.6 is 11.6 Å². The molecule has 0 heterocycles. The third kappa shape index (κ3) is 4.46. The van der Waals surface area contributed by atoms with Gasteiger partial charge in [-0.25, -0.2) is 4.39 Å². The molecule has 0 aliphatic carbocycles. The molecule has 0 unspecified atom stereocenters. The molecule has 0 aromatic heterocycles. The van der Waals surface area contributed by atoms with Crippen LogP contribution in [0.3, 0.4) is 0 Å². The fourth-order valence-corrected chi connectivity index (χ4v) is 1.83. The molecule has 2 rings (SSSR count). The summed E-state index contributed by atoms with van der Waals surface area (Å²) in [7, 11) is 0. The van der Waals surface area contributed by atoms with Crippen LogP contribution in [0.4, 0.5) is 4.39 Å². The number of nitrogens with two attached hydrogens (primary N) is 2. The van der Waals surface area contributed by atoms with Crippen LogP contribution in [0.2, 0.25) is 5.02 Å². The highest BCUT2D eigenvalue weighted by molar-refractivity contribution is 6.30. The highest BCUT2D eigenvalue weighted by Crippen LogP contribution is 2.20. The van der Waals surface area contributed by atoms with Gasteiger partial charge in [-0.3, -0.25) is 0 Å². The Morgan fingerprint density at radius 2 is 1.91 bits per heavy atom. The van der Waals surface area contributed by atoms with Crippen molar-refractivity contribution in [1.29, 1.82) is 0 Å². The molecule has 114 valence electrons. The lowest BCUT2D eigenvalue weighted by Gasteiger charge is -2.08. The van der Waals surface area contributed by atoms with Crippen LogP contribution in [0.25, 0.3) is 0 Å². The standard InChI is InChI=1S/C15H14ClFN4O/c16-13-3-1-2-11(14(13)17)9-22-12-6-4-10(5-7-12)8-20-21-15(18)19/h1-8H,9H2,(H4,18,19,21). The summed E-state index contributed by atoms with van der Waals surface area (Å²) < 4.78 is 19.2. The first-order chi connectivity index (χ1) is 10.6. The van der Waals surface area contributed by atoms with Gasteiger partial charge >= 0.3 is 0 Å². The fraction of sp³-hybridized carbons (Fsp3) is 0.0667. The van der Waals surface area contributed by atoms with E-state index >= 15 is 0 Å². The maximum Gasteiger partial charge on any atom is 0.211 e. The zero-order valence-electron chi connectivity index (χ0n) is 11.5. The van der Waals surface area contributed by atoms with Crippen molar-refractivity contribution < 1.29 is 9.13 Å². The van der Waals surface area contributed by atoms with Crippen LogP contribution < -0.4 is 16.2 Å². The van der Waals surface area contributed by atoms with Gasteiger partial charge in [-0.05, 0) is 35.9 Å². The minimum absolute atomic E-state index is 0.0763. The van der Waals surface area contributed by atoms with Crippen LogP contribution in [0, 0.1) is 5.82 Å². The maximum absolute atomic E-state index is 13.7. The van der Waals surface area contributed by atoms with Gasteiger partial charge in [0.1, 0.15) is 18.2 Å². The lowest BCUT2D eigenvalue weighted by Crippen LogP contribution is -2.21. The third-order valence-electron chi connectivity index (χ3n) is 2.69. The summed E-state index contributed by atoms with van der Waals surface area (Å²) >= 11 is 5.71. The number of hydrogen-bond donors (Lipinski definition) is 2. The second-order valence-electron chi connectivity index (χ2n) is 4.34. The van der Waals surface area contributed by atoms with E-state index in [2.05, 4.69) is 10.2 Å². The number of benzene rings is 2. The molecule has 0 radical (unpaired) electrons. The molecule has 7 heteroatoms. The normalized spacial score (nSPS) is 10.6. The molecular weight excluding hydrogens is 307 g/mol. The molecule has 2 aromatic rings. The summed E-state index contributed by atoms with van der Waals surface area (Å²) in [5, 5.41) is 7.26. The molecule has 0 amide bonds. The first-order valence-corrected chi connectivity index (χ1v) is 6.72. The van der Waals surface area contributed by atoms with Gasteiger partial charge in [0.05, 0.1) is 11.2 Å². The third-order valence-corrected chi connectivity index (χ3v) is 2.98. The Labute approximate surface area is 132 Å². The summed E-state index contributed by atoms with van der Waals surface area (Å²) in [5.74, 6) is 0.0169. The molecular formula is C15H14ClFN4O. The average molecular weight is 321 g/mol. The molecule has 0 saturated heterocycles. The van der Waals surface area contributed by atoms with Crippen LogP contribution in [0.15, 0.2) is 52.7 Å². The SMILES string of the molecule is NC(N)=NN=Cc1ccc(OCc2cccc(Cl)c2F)cc1. The summed E-state index contributed by atoms with van der Waals surface area (Å²) in [6.45, 7) is 0.0911. The van der Waals surface area contributed by atoms with Crippen molar-refractivity contribution in [2.24, 2.45) is 21.7 Å².